The molecular formula is C15H12FN3. The summed E-state index contributed by atoms with van der Waals surface area (Å²) in [5, 5.41) is 4.28. The van der Waals surface area contributed by atoms with Crippen LogP contribution < -0.4 is 5.73 Å². The fraction of sp³-hybridized carbons (Fsp3) is 0. The van der Waals surface area contributed by atoms with E-state index < -0.39 is 5.82 Å². The van der Waals surface area contributed by atoms with E-state index in [4.69, 9.17) is 5.73 Å². The lowest BCUT2D eigenvalue weighted by Gasteiger charge is -2.01. The van der Waals surface area contributed by atoms with Crippen LogP contribution in [0.4, 0.5) is 10.1 Å². The molecule has 19 heavy (non-hydrogen) atoms. The van der Waals surface area contributed by atoms with E-state index in [-0.39, 0.29) is 5.69 Å². The smallest absolute Gasteiger partial charge is 0.146 e. The molecule has 94 valence electrons. The highest BCUT2D eigenvalue weighted by atomic mass is 19.1. The molecule has 0 saturated carbocycles. The first-order valence-electron chi connectivity index (χ1n) is 5.89. The van der Waals surface area contributed by atoms with Gasteiger partial charge < -0.3 is 5.73 Å². The molecule has 0 amide bonds. The Morgan fingerprint density at radius 2 is 1.79 bits per heavy atom. The standard InChI is InChI=1S/C15H12FN3/c16-14-8-11(6-7-15(14)17)12-9-18-19(10-12)13-4-2-1-3-5-13/h1-10H,17H2. The molecule has 3 rings (SSSR count). The second-order valence-corrected chi connectivity index (χ2v) is 4.25. The number of nitrogens with two attached hydrogens (primary N) is 1. The molecule has 0 bridgehead atoms. The molecular weight excluding hydrogens is 241 g/mol. The maximum Gasteiger partial charge on any atom is 0.146 e. The van der Waals surface area contributed by atoms with Gasteiger partial charge in [-0.15, -0.1) is 0 Å². The van der Waals surface area contributed by atoms with Crippen molar-refractivity contribution in [3.8, 4) is 16.8 Å². The van der Waals surface area contributed by atoms with E-state index in [1.165, 1.54) is 6.07 Å². The molecule has 0 aliphatic rings. The topological polar surface area (TPSA) is 43.8 Å². The summed E-state index contributed by atoms with van der Waals surface area (Å²) >= 11 is 0. The van der Waals surface area contributed by atoms with Gasteiger partial charge in [0.1, 0.15) is 5.82 Å². The van der Waals surface area contributed by atoms with Gasteiger partial charge in [0, 0.05) is 11.8 Å². The number of nitrogen functional groups attached to an aromatic ring is 1. The minimum Gasteiger partial charge on any atom is -0.396 e. The number of rotatable bonds is 2. The molecule has 1 aromatic heterocycles. The van der Waals surface area contributed by atoms with Crippen LogP contribution in [0.25, 0.3) is 16.8 Å². The highest BCUT2D eigenvalue weighted by molar-refractivity contribution is 5.65. The molecule has 0 spiro atoms. The van der Waals surface area contributed by atoms with Gasteiger partial charge >= 0.3 is 0 Å². The van der Waals surface area contributed by atoms with Crippen LogP contribution in [0.15, 0.2) is 60.9 Å². The summed E-state index contributed by atoms with van der Waals surface area (Å²) in [4.78, 5) is 0. The van der Waals surface area contributed by atoms with Crippen LogP contribution in [-0.4, -0.2) is 9.78 Å². The molecule has 0 saturated heterocycles. The number of hydrogen-bond donors (Lipinski definition) is 1. The van der Waals surface area contributed by atoms with Crippen LogP contribution in [0.2, 0.25) is 0 Å². The van der Waals surface area contributed by atoms with Crippen molar-refractivity contribution in [1.82, 2.24) is 9.78 Å². The van der Waals surface area contributed by atoms with E-state index in [2.05, 4.69) is 5.10 Å². The van der Waals surface area contributed by atoms with Crippen molar-refractivity contribution >= 4 is 5.69 Å². The number of benzene rings is 2. The van der Waals surface area contributed by atoms with Gasteiger partial charge in [0.25, 0.3) is 0 Å². The van der Waals surface area contributed by atoms with Crippen molar-refractivity contribution in [1.29, 1.82) is 0 Å². The molecule has 0 aliphatic carbocycles. The van der Waals surface area contributed by atoms with Gasteiger partial charge in [0.2, 0.25) is 0 Å². The minimum absolute atomic E-state index is 0.152. The third kappa shape index (κ3) is 2.20. The van der Waals surface area contributed by atoms with Crippen molar-refractivity contribution in [3.63, 3.8) is 0 Å². The van der Waals surface area contributed by atoms with Crippen molar-refractivity contribution in [3.05, 3.63) is 66.7 Å². The largest absolute Gasteiger partial charge is 0.396 e. The predicted molar refractivity (Wildman–Crippen MR) is 73.4 cm³/mol. The van der Waals surface area contributed by atoms with E-state index >= 15 is 0 Å². The van der Waals surface area contributed by atoms with Crippen LogP contribution in [-0.2, 0) is 0 Å². The molecule has 3 nitrogen and oxygen atoms in total. The summed E-state index contributed by atoms with van der Waals surface area (Å²) < 4.78 is 15.2. The van der Waals surface area contributed by atoms with Crippen LogP contribution in [0.5, 0.6) is 0 Å². The maximum atomic E-state index is 13.4. The van der Waals surface area contributed by atoms with Crippen LogP contribution in [0.1, 0.15) is 0 Å². The average molecular weight is 253 g/mol. The second kappa shape index (κ2) is 4.57. The number of anilines is 1. The summed E-state index contributed by atoms with van der Waals surface area (Å²) in [7, 11) is 0. The molecule has 3 aromatic rings. The Hall–Kier alpha value is -2.62. The number of halogens is 1. The van der Waals surface area contributed by atoms with Gasteiger partial charge in [-0.05, 0) is 29.8 Å². The third-order valence-electron chi connectivity index (χ3n) is 2.94. The van der Waals surface area contributed by atoms with E-state index in [9.17, 15) is 4.39 Å². The highest BCUT2D eigenvalue weighted by Gasteiger charge is 2.05. The van der Waals surface area contributed by atoms with Crippen LogP contribution in [0.3, 0.4) is 0 Å². The molecule has 0 atom stereocenters. The average Bonchev–Trinajstić information content (AvgIpc) is 2.93. The van der Waals surface area contributed by atoms with Crippen molar-refractivity contribution in [2.45, 2.75) is 0 Å². The summed E-state index contributed by atoms with van der Waals surface area (Å²) in [6.45, 7) is 0. The van der Waals surface area contributed by atoms with Crippen molar-refractivity contribution < 1.29 is 4.39 Å². The number of aromatic nitrogens is 2. The van der Waals surface area contributed by atoms with Crippen LogP contribution in [0, 0.1) is 5.82 Å². The third-order valence-corrected chi connectivity index (χ3v) is 2.94. The summed E-state index contributed by atoms with van der Waals surface area (Å²) in [5.74, 6) is -0.412. The Labute approximate surface area is 110 Å². The SMILES string of the molecule is Nc1ccc(-c2cnn(-c3ccccc3)c2)cc1F. The number of para-hydroxylation sites is 1. The second-order valence-electron chi connectivity index (χ2n) is 4.25. The lowest BCUT2D eigenvalue weighted by molar-refractivity contribution is 0.633. The zero-order chi connectivity index (χ0) is 13.2. The van der Waals surface area contributed by atoms with Gasteiger partial charge in [0.15, 0.2) is 0 Å². The first-order chi connectivity index (χ1) is 9.24. The number of hydrogen-bond acceptors (Lipinski definition) is 2. The zero-order valence-electron chi connectivity index (χ0n) is 10.1. The molecule has 0 radical (unpaired) electrons. The summed E-state index contributed by atoms with van der Waals surface area (Å²) in [5.41, 5.74) is 8.19. The molecule has 0 fully saturated rings. The van der Waals surface area contributed by atoms with E-state index in [0.717, 1.165) is 16.8 Å². The Kier molecular flexibility index (Phi) is 2.76. The van der Waals surface area contributed by atoms with Gasteiger partial charge in [0.05, 0.1) is 17.6 Å². The van der Waals surface area contributed by atoms with Crippen molar-refractivity contribution in [2.24, 2.45) is 0 Å². The first kappa shape index (κ1) is 11.5. The minimum atomic E-state index is -0.412. The summed E-state index contributed by atoms with van der Waals surface area (Å²) in [6.07, 6.45) is 3.57. The quantitative estimate of drug-likeness (QED) is 0.712. The summed E-state index contributed by atoms with van der Waals surface area (Å²) in [6, 6.07) is 14.5. The monoisotopic (exact) mass is 253 g/mol. The Morgan fingerprint density at radius 1 is 1.00 bits per heavy atom. The van der Waals surface area contributed by atoms with E-state index in [1.807, 2.05) is 36.5 Å². The van der Waals surface area contributed by atoms with Crippen LogP contribution >= 0.6 is 0 Å². The van der Waals surface area contributed by atoms with Gasteiger partial charge in [-0.1, -0.05) is 24.3 Å². The predicted octanol–water partition coefficient (Wildman–Crippen LogP) is 3.26. The van der Waals surface area contributed by atoms with Gasteiger partial charge in [-0.25, -0.2) is 9.07 Å². The molecule has 4 heteroatoms. The Balaban J connectivity index is 1.99. The first-order valence-corrected chi connectivity index (χ1v) is 5.89. The molecule has 2 aromatic carbocycles. The zero-order valence-corrected chi connectivity index (χ0v) is 10.1. The normalized spacial score (nSPS) is 10.6. The Bertz CT molecular complexity index is 704. The lowest BCUT2D eigenvalue weighted by Crippen LogP contribution is -1.92. The fourth-order valence-electron chi connectivity index (χ4n) is 1.90. The lowest BCUT2D eigenvalue weighted by atomic mass is 10.1. The molecule has 2 N–H and O–H groups in total. The number of nitrogens with zero attached hydrogens (tertiary/aromatic N) is 2. The van der Waals surface area contributed by atoms with Gasteiger partial charge in [-0.3, -0.25) is 0 Å². The molecule has 0 unspecified atom stereocenters. The van der Waals surface area contributed by atoms with Gasteiger partial charge in [-0.2, -0.15) is 5.10 Å². The van der Waals surface area contributed by atoms with E-state index in [0.29, 0.717) is 0 Å². The highest BCUT2D eigenvalue weighted by Crippen LogP contribution is 2.23. The van der Waals surface area contributed by atoms with E-state index in [1.54, 1.807) is 23.0 Å². The molecule has 0 aliphatic heterocycles. The molecule has 1 heterocycles. The fourth-order valence-corrected chi connectivity index (χ4v) is 1.90. The van der Waals surface area contributed by atoms with Crippen molar-refractivity contribution in [2.75, 3.05) is 5.73 Å². The Morgan fingerprint density at radius 3 is 2.53 bits per heavy atom. The maximum absolute atomic E-state index is 13.4.